The highest BCUT2D eigenvalue weighted by Gasteiger charge is 2.25. The molecule has 0 aliphatic rings. The number of hydrogen-bond acceptors (Lipinski definition) is 2. The summed E-state index contributed by atoms with van der Waals surface area (Å²) in [6.07, 6.45) is 0.0410. The molecule has 0 aliphatic heterocycles. The van der Waals surface area contributed by atoms with Crippen molar-refractivity contribution >= 4 is 46.7 Å². The Balaban J connectivity index is 1.86. The van der Waals surface area contributed by atoms with Crippen LogP contribution in [0.3, 0.4) is 0 Å². The van der Waals surface area contributed by atoms with Crippen LogP contribution in [-0.2, 0) is 9.59 Å². The topological polar surface area (TPSA) is 66.4 Å². The van der Waals surface area contributed by atoms with E-state index in [1.54, 1.807) is 36.4 Å². The minimum atomic E-state index is -1.18. The van der Waals surface area contributed by atoms with E-state index in [0.29, 0.717) is 20.6 Å². The average Bonchev–Trinajstić information content (AvgIpc) is 2.73. The van der Waals surface area contributed by atoms with Crippen molar-refractivity contribution < 1.29 is 14.7 Å². The fraction of sp³-hybridized carbons (Fsp3) is 0.130. The van der Waals surface area contributed by atoms with E-state index in [4.69, 9.17) is 34.8 Å². The molecule has 0 radical (unpaired) electrons. The Bertz CT molecular complexity index is 1040. The lowest BCUT2D eigenvalue weighted by atomic mass is 9.88. The Morgan fingerprint density at radius 2 is 1.43 bits per heavy atom. The van der Waals surface area contributed by atoms with Gasteiger partial charge in [0.2, 0.25) is 5.91 Å². The number of carbonyl (C=O) groups is 2. The Kier molecular flexibility index (Phi) is 7.38. The van der Waals surface area contributed by atoms with Gasteiger partial charge in [-0.1, -0.05) is 83.3 Å². The monoisotopic (exact) mass is 461 g/mol. The molecule has 3 aromatic rings. The zero-order chi connectivity index (χ0) is 21.7. The molecule has 3 aromatic carbocycles. The van der Waals surface area contributed by atoms with Crippen molar-refractivity contribution in [2.45, 2.75) is 18.4 Å². The zero-order valence-corrected chi connectivity index (χ0v) is 18.0. The van der Waals surface area contributed by atoms with Gasteiger partial charge in [0.05, 0.1) is 10.0 Å². The van der Waals surface area contributed by atoms with Crippen molar-refractivity contribution in [3.8, 4) is 0 Å². The number of hydrogen-bond donors (Lipinski definition) is 2. The van der Waals surface area contributed by atoms with Gasteiger partial charge >= 0.3 is 5.97 Å². The summed E-state index contributed by atoms with van der Waals surface area (Å²) >= 11 is 18.1. The fourth-order valence-corrected chi connectivity index (χ4v) is 3.62. The first-order valence-electron chi connectivity index (χ1n) is 9.12. The van der Waals surface area contributed by atoms with Gasteiger partial charge in [0.15, 0.2) is 6.04 Å². The SMILES string of the molecule is O=C(CC(c1ccccc1)c1ccc(Cl)c(Cl)c1)NC(C(=O)O)c1ccc(Cl)cc1. The van der Waals surface area contributed by atoms with E-state index in [0.717, 1.165) is 11.1 Å². The molecule has 0 aromatic heterocycles. The summed E-state index contributed by atoms with van der Waals surface area (Å²) in [6, 6.07) is 19.8. The average molecular weight is 463 g/mol. The summed E-state index contributed by atoms with van der Waals surface area (Å²) in [7, 11) is 0. The first kappa shape index (κ1) is 22.2. The predicted molar refractivity (Wildman–Crippen MR) is 119 cm³/mol. The lowest BCUT2D eigenvalue weighted by Crippen LogP contribution is -2.34. The quantitative estimate of drug-likeness (QED) is 0.445. The van der Waals surface area contributed by atoms with Gasteiger partial charge in [-0.05, 0) is 41.0 Å². The molecule has 0 aliphatic carbocycles. The van der Waals surface area contributed by atoms with Gasteiger partial charge in [-0.2, -0.15) is 0 Å². The van der Waals surface area contributed by atoms with Crippen LogP contribution < -0.4 is 5.32 Å². The molecule has 0 bridgehead atoms. The number of nitrogens with one attached hydrogen (secondary N) is 1. The molecule has 7 heteroatoms. The lowest BCUT2D eigenvalue weighted by molar-refractivity contribution is -0.142. The summed E-state index contributed by atoms with van der Waals surface area (Å²) in [5.41, 5.74) is 2.15. The Labute approximate surface area is 189 Å². The number of carboxylic acid groups (broad SMARTS) is 1. The van der Waals surface area contributed by atoms with E-state index in [2.05, 4.69) is 5.32 Å². The zero-order valence-electron chi connectivity index (χ0n) is 15.7. The molecule has 0 spiro atoms. The third-order valence-electron chi connectivity index (χ3n) is 4.69. The molecule has 0 saturated heterocycles. The summed E-state index contributed by atoms with van der Waals surface area (Å²) < 4.78 is 0. The first-order chi connectivity index (χ1) is 14.3. The number of halogens is 3. The number of benzene rings is 3. The second kappa shape index (κ2) is 9.98. The van der Waals surface area contributed by atoms with Crippen LogP contribution in [0.15, 0.2) is 72.8 Å². The highest BCUT2D eigenvalue weighted by molar-refractivity contribution is 6.42. The number of carbonyl (C=O) groups excluding carboxylic acids is 1. The number of rotatable bonds is 7. The second-order valence-corrected chi connectivity index (χ2v) is 7.98. The minimum absolute atomic E-state index is 0.0410. The van der Waals surface area contributed by atoms with Crippen molar-refractivity contribution in [3.63, 3.8) is 0 Å². The van der Waals surface area contributed by atoms with Crippen molar-refractivity contribution in [2.75, 3.05) is 0 Å². The summed E-state index contributed by atoms with van der Waals surface area (Å²) in [4.78, 5) is 24.6. The van der Waals surface area contributed by atoms with Gasteiger partial charge in [0, 0.05) is 17.4 Å². The molecular formula is C23H18Cl3NO3. The maximum Gasteiger partial charge on any atom is 0.330 e. The lowest BCUT2D eigenvalue weighted by Gasteiger charge is -2.21. The molecule has 2 N–H and O–H groups in total. The maximum atomic E-state index is 12.8. The normalized spacial score (nSPS) is 12.8. The summed E-state index contributed by atoms with van der Waals surface area (Å²) in [6.45, 7) is 0. The van der Waals surface area contributed by atoms with Gasteiger partial charge in [-0.3, -0.25) is 4.79 Å². The van der Waals surface area contributed by atoms with E-state index in [-0.39, 0.29) is 12.3 Å². The van der Waals surface area contributed by atoms with Crippen LogP contribution in [-0.4, -0.2) is 17.0 Å². The number of carboxylic acids is 1. The van der Waals surface area contributed by atoms with Crippen LogP contribution in [0.2, 0.25) is 15.1 Å². The summed E-state index contributed by atoms with van der Waals surface area (Å²) in [5.74, 6) is -1.88. The molecular weight excluding hydrogens is 445 g/mol. The molecule has 154 valence electrons. The maximum absolute atomic E-state index is 12.8. The van der Waals surface area contributed by atoms with E-state index in [1.807, 2.05) is 36.4 Å². The van der Waals surface area contributed by atoms with Crippen LogP contribution in [0.25, 0.3) is 0 Å². The van der Waals surface area contributed by atoms with Gasteiger partial charge < -0.3 is 10.4 Å². The third-order valence-corrected chi connectivity index (χ3v) is 5.68. The summed E-state index contributed by atoms with van der Waals surface area (Å²) in [5, 5.41) is 13.5. The van der Waals surface area contributed by atoms with Crippen LogP contribution in [0, 0.1) is 0 Å². The molecule has 0 fully saturated rings. The Hall–Kier alpha value is -2.53. The van der Waals surface area contributed by atoms with Gasteiger partial charge in [0.25, 0.3) is 0 Å². The highest BCUT2D eigenvalue weighted by atomic mass is 35.5. The van der Waals surface area contributed by atoms with Crippen LogP contribution in [0.4, 0.5) is 0 Å². The van der Waals surface area contributed by atoms with Crippen molar-refractivity contribution in [2.24, 2.45) is 0 Å². The van der Waals surface area contributed by atoms with E-state index in [1.165, 1.54) is 0 Å². The molecule has 2 unspecified atom stereocenters. The largest absolute Gasteiger partial charge is 0.479 e. The molecule has 3 rings (SSSR count). The molecule has 2 atom stereocenters. The second-order valence-electron chi connectivity index (χ2n) is 6.73. The fourth-order valence-electron chi connectivity index (χ4n) is 3.19. The molecule has 0 saturated carbocycles. The molecule has 4 nitrogen and oxygen atoms in total. The Morgan fingerprint density at radius 3 is 2.03 bits per heavy atom. The molecule has 30 heavy (non-hydrogen) atoms. The third kappa shape index (κ3) is 5.54. The highest BCUT2D eigenvalue weighted by Crippen LogP contribution is 2.32. The van der Waals surface area contributed by atoms with Crippen LogP contribution >= 0.6 is 34.8 Å². The van der Waals surface area contributed by atoms with Gasteiger partial charge in [-0.25, -0.2) is 4.79 Å². The van der Waals surface area contributed by atoms with Crippen molar-refractivity contribution in [3.05, 3.63) is 105 Å². The van der Waals surface area contributed by atoms with E-state index >= 15 is 0 Å². The number of aliphatic carboxylic acids is 1. The van der Waals surface area contributed by atoms with Crippen LogP contribution in [0.1, 0.15) is 35.1 Å². The minimum Gasteiger partial charge on any atom is -0.479 e. The molecule has 0 heterocycles. The van der Waals surface area contributed by atoms with E-state index in [9.17, 15) is 14.7 Å². The van der Waals surface area contributed by atoms with E-state index < -0.39 is 17.9 Å². The standard InChI is InChI=1S/C23H18Cl3NO3/c24-17-9-6-15(7-10-17)22(23(29)30)27-21(28)13-18(14-4-2-1-3-5-14)16-8-11-19(25)20(26)12-16/h1-12,18,22H,13H2,(H,27,28)(H,29,30). The van der Waals surface area contributed by atoms with Crippen molar-refractivity contribution in [1.82, 2.24) is 5.32 Å². The smallest absolute Gasteiger partial charge is 0.330 e. The number of amides is 1. The predicted octanol–water partition coefficient (Wildman–Crippen LogP) is 6.11. The molecule has 1 amide bonds. The Morgan fingerprint density at radius 1 is 0.800 bits per heavy atom. The van der Waals surface area contributed by atoms with Crippen LogP contribution in [0.5, 0.6) is 0 Å². The van der Waals surface area contributed by atoms with Gasteiger partial charge in [-0.15, -0.1) is 0 Å². The van der Waals surface area contributed by atoms with Crippen molar-refractivity contribution in [1.29, 1.82) is 0 Å². The first-order valence-corrected chi connectivity index (χ1v) is 10.3. The van der Waals surface area contributed by atoms with Gasteiger partial charge in [0.1, 0.15) is 0 Å².